The molecule has 0 aromatic carbocycles. The van der Waals surface area contributed by atoms with Crippen LogP contribution in [0.5, 0.6) is 0 Å². The van der Waals surface area contributed by atoms with E-state index >= 15 is 0 Å². The Morgan fingerprint density at radius 2 is 1.75 bits per heavy atom. The first-order valence-electron chi connectivity index (χ1n) is 5.79. The zero-order chi connectivity index (χ0) is 10.9. The van der Waals surface area contributed by atoms with Gasteiger partial charge in [-0.3, -0.25) is 0 Å². The lowest BCUT2D eigenvalue weighted by atomic mass is 9.83. The molecule has 0 radical (unpaired) electrons. The summed E-state index contributed by atoms with van der Waals surface area (Å²) in [6.45, 7) is 0.422. The van der Waals surface area contributed by atoms with Gasteiger partial charge in [0.15, 0.2) is 0 Å². The Kier molecular flexibility index (Phi) is 4.63. The molecule has 3 N–H and O–H groups in total. The predicted octanol–water partition coefficient (Wildman–Crippen LogP) is 1.15. The molecule has 2 rings (SSSR count). The van der Waals surface area contributed by atoms with Crippen LogP contribution in [0.25, 0.3) is 0 Å². The fraction of sp³-hybridized carbons (Fsp3) is 1.00. The lowest BCUT2D eigenvalue weighted by molar-refractivity contribution is 0.296. The highest BCUT2D eigenvalue weighted by atomic mass is 35.5. The molecule has 0 saturated heterocycles. The van der Waals surface area contributed by atoms with Crippen LogP contribution in [-0.4, -0.2) is 25.8 Å². The second-order valence-corrected chi connectivity index (χ2v) is 7.03. The van der Waals surface area contributed by atoms with Gasteiger partial charge in [-0.1, -0.05) is 19.3 Å². The van der Waals surface area contributed by atoms with Gasteiger partial charge in [-0.25, -0.2) is 13.1 Å². The Bertz CT molecular complexity index is 322. The van der Waals surface area contributed by atoms with E-state index in [0.717, 1.165) is 38.5 Å². The molecule has 2 fully saturated rings. The minimum Gasteiger partial charge on any atom is -0.324 e. The Morgan fingerprint density at radius 1 is 1.19 bits per heavy atom. The molecule has 0 unspecified atom stereocenters. The van der Waals surface area contributed by atoms with Gasteiger partial charge in [0.1, 0.15) is 0 Å². The first kappa shape index (κ1) is 14.2. The third-order valence-corrected chi connectivity index (χ3v) is 5.33. The molecule has 2 aliphatic rings. The molecule has 6 heteroatoms. The highest BCUT2D eigenvalue weighted by Crippen LogP contribution is 2.29. The van der Waals surface area contributed by atoms with E-state index in [1.165, 1.54) is 6.42 Å². The lowest BCUT2D eigenvalue weighted by Crippen LogP contribution is -2.51. The molecular formula is C10H21ClN2O2S. The van der Waals surface area contributed by atoms with E-state index in [-0.39, 0.29) is 23.2 Å². The lowest BCUT2D eigenvalue weighted by Gasteiger charge is -2.33. The van der Waals surface area contributed by atoms with E-state index in [4.69, 9.17) is 5.73 Å². The Hall–Kier alpha value is 0.160. The summed E-state index contributed by atoms with van der Waals surface area (Å²) >= 11 is 0. The van der Waals surface area contributed by atoms with E-state index in [1.807, 2.05) is 0 Å². The molecule has 16 heavy (non-hydrogen) atoms. The van der Waals surface area contributed by atoms with Crippen LogP contribution in [0.15, 0.2) is 0 Å². The smallest absolute Gasteiger partial charge is 0.214 e. The zero-order valence-corrected chi connectivity index (χ0v) is 11.1. The highest BCUT2D eigenvalue weighted by molar-refractivity contribution is 7.90. The zero-order valence-electron chi connectivity index (χ0n) is 9.44. The average molecular weight is 269 g/mol. The van der Waals surface area contributed by atoms with Crippen LogP contribution in [0.1, 0.15) is 44.9 Å². The summed E-state index contributed by atoms with van der Waals surface area (Å²) in [7, 11) is -3.05. The van der Waals surface area contributed by atoms with Crippen molar-refractivity contribution in [1.29, 1.82) is 0 Å². The third-order valence-electron chi connectivity index (χ3n) is 3.44. The summed E-state index contributed by atoms with van der Waals surface area (Å²) in [6, 6.07) is 0. The quantitative estimate of drug-likeness (QED) is 0.804. The Labute approximate surface area is 104 Å². The third kappa shape index (κ3) is 3.58. The molecule has 0 aromatic heterocycles. The molecule has 2 aliphatic carbocycles. The topological polar surface area (TPSA) is 72.2 Å². The number of nitrogens with two attached hydrogens (primary N) is 1. The summed E-state index contributed by atoms with van der Waals surface area (Å²) < 4.78 is 25.9. The Morgan fingerprint density at radius 3 is 2.25 bits per heavy atom. The summed E-state index contributed by atoms with van der Waals surface area (Å²) in [6.07, 6.45) is 7.00. The van der Waals surface area contributed by atoms with E-state index in [0.29, 0.717) is 6.54 Å². The second kappa shape index (κ2) is 5.21. The van der Waals surface area contributed by atoms with E-state index in [9.17, 15) is 8.42 Å². The predicted molar refractivity (Wildman–Crippen MR) is 67.2 cm³/mol. The highest BCUT2D eigenvalue weighted by Gasteiger charge is 2.37. The monoisotopic (exact) mass is 268 g/mol. The largest absolute Gasteiger partial charge is 0.324 e. The maximum absolute atomic E-state index is 11.6. The van der Waals surface area contributed by atoms with Crippen LogP contribution in [-0.2, 0) is 10.0 Å². The molecule has 0 spiro atoms. The number of hydrogen-bond acceptors (Lipinski definition) is 3. The first-order valence-corrected chi connectivity index (χ1v) is 7.34. The number of halogens is 1. The van der Waals surface area contributed by atoms with Gasteiger partial charge in [0.25, 0.3) is 0 Å². The molecule has 0 heterocycles. The maximum atomic E-state index is 11.6. The molecule has 0 bridgehead atoms. The van der Waals surface area contributed by atoms with Gasteiger partial charge in [-0.15, -0.1) is 12.4 Å². The SMILES string of the molecule is Cl.NC1(CNS(=O)(=O)C2CC2)CCCCC1. The summed E-state index contributed by atoms with van der Waals surface area (Å²) in [5, 5.41) is -0.135. The van der Waals surface area contributed by atoms with Crippen molar-refractivity contribution in [3.05, 3.63) is 0 Å². The molecular weight excluding hydrogens is 248 g/mol. The summed E-state index contributed by atoms with van der Waals surface area (Å²) in [4.78, 5) is 0. The fourth-order valence-electron chi connectivity index (χ4n) is 2.17. The minimum absolute atomic E-state index is 0. The van der Waals surface area contributed by atoms with Crippen molar-refractivity contribution >= 4 is 22.4 Å². The molecule has 4 nitrogen and oxygen atoms in total. The van der Waals surface area contributed by atoms with Crippen LogP contribution in [0, 0.1) is 0 Å². The average Bonchev–Trinajstić information content (AvgIpc) is 3.00. The summed E-state index contributed by atoms with van der Waals surface area (Å²) in [5.74, 6) is 0. The standard InChI is InChI=1S/C10H20N2O2S.ClH/c11-10(6-2-1-3-7-10)8-12-15(13,14)9-4-5-9;/h9,12H,1-8,11H2;1H. The van der Waals surface area contributed by atoms with Gasteiger partial charge in [0.2, 0.25) is 10.0 Å². The van der Waals surface area contributed by atoms with E-state index < -0.39 is 10.0 Å². The van der Waals surface area contributed by atoms with Crippen LogP contribution < -0.4 is 10.5 Å². The van der Waals surface area contributed by atoms with Crippen molar-refractivity contribution in [2.45, 2.75) is 55.7 Å². The Balaban J connectivity index is 0.00000128. The van der Waals surface area contributed by atoms with Crippen molar-refractivity contribution in [2.75, 3.05) is 6.54 Å². The number of hydrogen-bond donors (Lipinski definition) is 2. The number of rotatable bonds is 4. The molecule has 0 amide bonds. The molecule has 2 saturated carbocycles. The van der Waals surface area contributed by atoms with Crippen molar-refractivity contribution in [2.24, 2.45) is 5.73 Å². The van der Waals surface area contributed by atoms with Crippen LogP contribution in [0.4, 0.5) is 0 Å². The molecule has 0 atom stereocenters. The van der Waals surface area contributed by atoms with Crippen LogP contribution >= 0.6 is 12.4 Å². The van der Waals surface area contributed by atoms with Crippen molar-refractivity contribution in [1.82, 2.24) is 4.72 Å². The van der Waals surface area contributed by atoms with Gasteiger partial charge < -0.3 is 5.73 Å². The normalized spacial score (nSPS) is 24.8. The first-order chi connectivity index (χ1) is 7.02. The van der Waals surface area contributed by atoms with Crippen molar-refractivity contribution in [3.8, 4) is 0 Å². The van der Waals surface area contributed by atoms with Gasteiger partial charge >= 0.3 is 0 Å². The number of nitrogens with one attached hydrogen (secondary N) is 1. The van der Waals surface area contributed by atoms with Crippen molar-refractivity contribution in [3.63, 3.8) is 0 Å². The van der Waals surface area contributed by atoms with E-state index in [2.05, 4.69) is 4.72 Å². The van der Waals surface area contributed by atoms with Gasteiger partial charge in [0.05, 0.1) is 5.25 Å². The molecule has 0 aromatic rings. The number of sulfonamides is 1. The van der Waals surface area contributed by atoms with Crippen LogP contribution in [0.2, 0.25) is 0 Å². The van der Waals surface area contributed by atoms with Gasteiger partial charge in [-0.05, 0) is 25.7 Å². The fourth-order valence-corrected chi connectivity index (χ4v) is 3.65. The van der Waals surface area contributed by atoms with E-state index in [1.54, 1.807) is 0 Å². The summed E-state index contributed by atoms with van der Waals surface area (Å²) in [5.41, 5.74) is 5.87. The van der Waals surface area contributed by atoms with Crippen molar-refractivity contribution < 1.29 is 8.42 Å². The molecule has 0 aliphatic heterocycles. The molecule has 96 valence electrons. The maximum Gasteiger partial charge on any atom is 0.214 e. The van der Waals surface area contributed by atoms with Gasteiger partial charge in [0, 0.05) is 12.1 Å². The minimum atomic E-state index is -3.05. The second-order valence-electron chi connectivity index (χ2n) is 4.99. The van der Waals surface area contributed by atoms with Gasteiger partial charge in [-0.2, -0.15) is 0 Å². The van der Waals surface area contributed by atoms with Crippen LogP contribution in [0.3, 0.4) is 0 Å².